The molecule has 0 unspecified atom stereocenters. The van der Waals surface area contributed by atoms with Gasteiger partial charge < -0.3 is 9.47 Å². The fraction of sp³-hybridized carbons (Fsp3) is 0.143. The monoisotopic (exact) mass is 345 g/mol. The van der Waals surface area contributed by atoms with Crippen LogP contribution in [-0.2, 0) is 10.0 Å². The fourth-order valence-electron chi connectivity index (χ4n) is 1.76. The summed E-state index contributed by atoms with van der Waals surface area (Å²) in [4.78, 5) is -0.0365. The van der Waals surface area contributed by atoms with E-state index in [4.69, 9.17) is 21.1 Å². The van der Waals surface area contributed by atoms with Gasteiger partial charge in [0.15, 0.2) is 11.5 Å². The van der Waals surface area contributed by atoms with Crippen molar-refractivity contribution >= 4 is 27.3 Å². The van der Waals surface area contributed by atoms with Crippen molar-refractivity contribution in [3.63, 3.8) is 0 Å². The number of ether oxygens (including phenoxy) is 2. The second kappa shape index (κ2) is 6.41. The van der Waals surface area contributed by atoms with Crippen molar-refractivity contribution in [3.8, 4) is 11.5 Å². The molecule has 0 aromatic heterocycles. The highest BCUT2D eigenvalue weighted by Gasteiger charge is 2.18. The molecule has 0 saturated carbocycles. The Balaban J connectivity index is 2.38. The summed E-state index contributed by atoms with van der Waals surface area (Å²) in [5.41, 5.74) is 0.0813. The van der Waals surface area contributed by atoms with Crippen LogP contribution in [0.3, 0.4) is 0 Å². The molecule has 0 radical (unpaired) electrons. The van der Waals surface area contributed by atoms with Gasteiger partial charge in [0.05, 0.1) is 29.8 Å². The first-order valence-electron chi connectivity index (χ1n) is 6.07. The van der Waals surface area contributed by atoms with Crippen LogP contribution < -0.4 is 14.2 Å². The molecule has 0 heterocycles. The van der Waals surface area contributed by atoms with Crippen LogP contribution in [0.25, 0.3) is 0 Å². The highest BCUT2D eigenvalue weighted by Crippen LogP contribution is 2.31. The van der Waals surface area contributed by atoms with Gasteiger partial charge in [-0.25, -0.2) is 12.8 Å². The zero-order chi connectivity index (χ0) is 16.3. The molecule has 22 heavy (non-hydrogen) atoms. The van der Waals surface area contributed by atoms with Gasteiger partial charge in [-0.3, -0.25) is 4.72 Å². The van der Waals surface area contributed by atoms with Crippen LogP contribution in [0.15, 0.2) is 41.3 Å². The van der Waals surface area contributed by atoms with Gasteiger partial charge in [-0.15, -0.1) is 0 Å². The third-order valence-corrected chi connectivity index (χ3v) is 4.52. The van der Waals surface area contributed by atoms with Crippen molar-refractivity contribution in [3.05, 3.63) is 47.2 Å². The largest absolute Gasteiger partial charge is 0.493 e. The molecule has 0 spiro atoms. The minimum absolute atomic E-state index is 0.0365. The highest BCUT2D eigenvalue weighted by atomic mass is 35.5. The first kappa shape index (κ1) is 16.4. The van der Waals surface area contributed by atoms with Gasteiger partial charge in [-0.1, -0.05) is 11.6 Å². The maximum atomic E-state index is 13.0. The van der Waals surface area contributed by atoms with Crippen molar-refractivity contribution < 1.29 is 22.3 Å². The van der Waals surface area contributed by atoms with Crippen LogP contribution in [0, 0.1) is 5.82 Å². The van der Waals surface area contributed by atoms with Gasteiger partial charge in [0, 0.05) is 6.07 Å². The van der Waals surface area contributed by atoms with Crippen LogP contribution in [0.1, 0.15) is 0 Å². The number of sulfonamides is 1. The standard InChI is InChI=1S/C14H13ClFNO4S/c1-20-13-6-4-10(8-14(13)21-2)22(18,19)17-12-5-3-9(16)7-11(12)15/h3-8,17H,1-2H3. The second-order valence-corrected chi connectivity index (χ2v) is 6.34. The van der Waals surface area contributed by atoms with Crippen LogP contribution >= 0.6 is 11.6 Å². The average molecular weight is 346 g/mol. The number of halogens is 2. The molecule has 2 rings (SSSR count). The first-order valence-corrected chi connectivity index (χ1v) is 7.93. The zero-order valence-corrected chi connectivity index (χ0v) is 13.3. The van der Waals surface area contributed by atoms with Crippen LogP contribution in [-0.4, -0.2) is 22.6 Å². The van der Waals surface area contributed by atoms with Gasteiger partial charge in [-0.05, 0) is 30.3 Å². The van der Waals surface area contributed by atoms with E-state index < -0.39 is 15.8 Å². The molecule has 0 bridgehead atoms. The van der Waals surface area contributed by atoms with Gasteiger partial charge in [0.1, 0.15) is 5.82 Å². The topological polar surface area (TPSA) is 64.6 Å². The van der Waals surface area contributed by atoms with E-state index in [9.17, 15) is 12.8 Å². The predicted octanol–water partition coefficient (Wildman–Crippen LogP) is 3.30. The van der Waals surface area contributed by atoms with Crippen LogP contribution in [0.2, 0.25) is 5.02 Å². The second-order valence-electron chi connectivity index (χ2n) is 4.25. The zero-order valence-electron chi connectivity index (χ0n) is 11.8. The lowest BCUT2D eigenvalue weighted by Gasteiger charge is -2.12. The number of rotatable bonds is 5. The summed E-state index contributed by atoms with van der Waals surface area (Å²) >= 11 is 5.82. The molecule has 0 amide bonds. The van der Waals surface area contributed by atoms with Gasteiger partial charge in [-0.2, -0.15) is 0 Å². The van der Waals surface area contributed by atoms with E-state index in [0.29, 0.717) is 5.75 Å². The summed E-state index contributed by atoms with van der Waals surface area (Å²) in [6.07, 6.45) is 0. The Morgan fingerprint density at radius 3 is 2.32 bits per heavy atom. The first-order chi connectivity index (χ1) is 10.4. The number of methoxy groups -OCH3 is 2. The molecule has 118 valence electrons. The SMILES string of the molecule is COc1ccc(S(=O)(=O)Nc2ccc(F)cc2Cl)cc1OC. The maximum absolute atomic E-state index is 13.0. The number of anilines is 1. The molecule has 0 aliphatic carbocycles. The van der Waals surface area contributed by atoms with E-state index in [-0.39, 0.29) is 21.4 Å². The lowest BCUT2D eigenvalue weighted by Crippen LogP contribution is -2.13. The van der Waals surface area contributed by atoms with E-state index in [0.717, 1.165) is 12.1 Å². The van der Waals surface area contributed by atoms with Crippen molar-refractivity contribution in [2.24, 2.45) is 0 Å². The molecular formula is C14H13ClFNO4S. The minimum atomic E-state index is -3.90. The van der Waals surface area contributed by atoms with E-state index in [1.165, 1.54) is 38.5 Å². The predicted molar refractivity (Wildman–Crippen MR) is 81.8 cm³/mol. The normalized spacial score (nSPS) is 11.1. The molecular weight excluding hydrogens is 333 g/mol. The van der Waals surface area contributed by atoms with Crippen molar-refractivity contribution in [2.75, 3.05) is 18.9 Å². The summed E-state index contributed by atoms with van der Waals surface area (Å²) in [6, 6.07) is 7.53. The lowest BCUT2D eigenvalue weighted by molar-refractivity contribution is 0.354. The van der Waals surface area contributed by atoms with Gasteiger partial charge >= 0.3 is 0 Å². The van der Waals surface area contributed by atoms with Crippen molar-refractivity contribution in [1.29, 1.82) is 0 Å². The highest BCUT2D eigenvalue weighted by molar-refractivity contribution is 7.92. The third-order valence-electron chi connectivity index (χ3n) is 2.84. The number of nitrogens with one attached hydrogen (secondary N) is 1. The summed E-state index contributed by atoms with van der Waals surface area (Å²) < 4.78 is 50.1. The number of hydrogen-bond donors (Lipinski definition) is 1. The molecule has 0 saturated heterocycles. The fourth-order valence-corrected chi connectivity index (χ4v) is 3.12. The summed E-state index contributed by atoms with van der Waals surface area (Å²) in [6.45, 7) is 0. The molecule has 0 atom stereocenters. The molecule has 5 nitrogen and oxygen atoms in total. The quantitative estimate of drug-likeness (QED) is 0.903. The van der Waals surface area contributed by atoms with Crippen LogP contribution in [0.4, 0.5) is 10.1 Å². The van der Waals surface area contributed by atoms with E-state index in [2.05, 4.69) is 4.72 Å². The maximum Gasteiger partial charge on any atom is 0.262 e. The van der Waals surface area contributed by atoms with E-state index in [1.807, 2.05) is 0 Å². The Morgan fingerprint density at radius 1 is 1.05 bits per heavy atom. The van der Waals surface area contributed by atoms with Gasteiger partial charge in [0.2, 0.25) is 0 Å². The van der Waals surface area contributed by atoms with Crippen molar-refractivity contribution in [2.45, 2.75) is 4.90 Å². The Labute approximate surface area is 132 Å². The Kier molecular flexibility index (Phi) is 4.77. The Bertz CT molecular complexity index is 795. The third kappa shape index (κ3) is 3.42. The van der Waals surface area contributed by atoms with Crippen molar-refractivity contribution in [1.82, 2.24) is 0 Å². The van der Waals surface area contributed by atoms with E-state index >= 15 is 0 Å². The molecule has 1 N–H and O–H groups in total. The minimum Gasteiger partial charge on any atom is -0.493 e. The summed E-state index contributed by atoms with van der Waals surface area (Å²) in [7, 11) is -1.05. The molecule has 0 aliphatic heterocycles. The average Bonchev–Trinajstić information content (AvgIpc) is 2.49. The molecule has 2 aromatic carbocycles. The Hall–Kier alpha value is -1.99. The Morgan fingerprint density at radius 2 is 1.73 bits per heavy atom. The molecule has 0 fully saturated rings. The van der Waals surface area contributed by atoms with E-state index in [1.54, 1.807) is 0 Å². The summed E-state index contributed by atoms with van der Waals surface area (Å²) in [5, 5.41) is -0.0379. The molecule has 0 aliphatic rings. The molecule has 8 heteroatoms. The molecule has 2 aromatic rings. The lowest BCUT2D eigenvalue weighted by atomic mass is 10.3. The number of hydrogen-bond acceptors (Lipinski definition) is 4. The number of benzene rings is 2. The van der Waals surface area contributed by atoms with Gasteiger partial charge in [0.25, 0.3) is 10.0 Å². The van der Waals surface area contributed by atoms with Crippen LogP contribution in [0.5, 0.6) is 11.5 Å². The smallest absolute Gasteiger partial charge is 0.262 e. The summed E-state index contributed by atoms with van der Waals surface area (Å²) in [5.74, 6) is 0.121.